The molecule has 0 aliphatic heterocycles. The molecule has 0 saturated carbocycles. The fourth-order valence-electron chi connectivity index (χ4n) is 2.44. The summed E-state index contributed by atoms with van der Waals surface area (Å²) in [6.07, 6.45) is 0. The summed E-state index contributed by atoms with van der Waals surface area (Å²) >= 11 is 0. The number of ether oxygens (including phenoxy) is 1. The van der Waals surface area contributed by atoms with E-state index in [1.165, 1.54) is 6.92 Å². The molecule has 0 aliphatic carbocycles. The van der Waals surface area contributed by atoms with Crippen molar-refractivity contribution in [2.24, 2.45) is 0 Å². The summed E-state index contributed by atoms with van der Waals surface area (Å²) in [4.78, 5) is 26.9. The van der Waals surface area contributed by atoms with Gasteiger partial charge in [0.15, 0.2) is 5.78 Å². The number of rotatable bonds is 4. The van der Waals surface area contributed by atoms with Crippen LogP contribution in [-0.2, 0) is 0 Å². The zero-order chi connectivity index (χ0) is 16.4. The van der Waals surface area contributed by atoms with Crippen LogP contribution in [0, 0.1) is 0 Å². The van der Waals surface area contributed by atoms with Crippen LogP contribution in [0.1, 0.15) is 27.8 Å². The number of Topliss-reactive ketones (excluding diaryl/α,β-unsaturated/α-hetero) is 1. The molecule has 3 aromatic rings. The first kappa shape index (κ1) is 14.8. The number of para-hydroxylation sites is 1. The highest BCUT2D eigenvalue weighted by molar-refractivity contribution is 6.07. The summed E-state index contributed by atoms with van der Waals surface area (Å²) < 4.78 is 5.28. The second-order valence-electron chi connectivity index (χ2n) is 5.20. The molecule has 0 fully saturated rings. The number of hydrogen-bond acceptors (Lipinski definition) is 3. The molecule has 23 heavy (non-hydrogen) atoms. The number of benzene rings is 2. The van der Waals surface area contributed by atoms with E-state index >= 15 is 0 Å². The average molecular weight is 308 g/mol. The first-order valence-corrected chi connectivity index (χ1v) is 7.16. The van der Waals surface area contributed by atoms with Gasteiger partial charge in [-0.05, 0) is 31.2 Å². The molecule has 116 valence electrons. The molecule has 3 rings (SSSR count). The van der Waals surface area contributed by atoms with Crippen LogP contribution in [0.3, 0.4) is 0 Å². The Morgan fingerprint density at radius 2 is 1.87 bits per heavy atom. The quantitative estimate of drug-likeness (QED) is 0.723. The molecule has 0 spiro atoms. The number of aromatic amines is 1. The number of anilines is 1. The lowest BCUT2D eigenvalue weighted by molar-refractivity contribution is 0.100. The van der Waals surface area contributed by atoms with E-state index in [0.29, 0.717) is 22.7 Å². The topological polar surface area (TPSA) is 71.2 Å². The van der Waals surface area contributed by atoms with Gasteiger partial charge in [0.1, 0.15) is 11.4 Å². The van der Waals surface area contributed by atoms with Crippen LogP contribution in [-0.4, -0.2) is 23.8 Å². The van der Waals surface area contributed by atoms with Gasteiger partial charge in [0.25, 0.3) is 5.91 Å². The van der Waals surface area contributed by atoms with Crippen LogP contribution in [0.15, 0.2) is 48.5 Å². The first-order valence-electron chi connectivity index (χ1n) is 7.16. The zero-order valence-corrected chi connectivity index (χ0v) is 12.8. The Hall–Kier alpha value is -3.08. The maximum Gasteiger partial charge on any atom is 0.272 e. The largest absolute Gasteiger partial charge is 0.495 e. The second kappa shape index (κ2) is 5.96. The number of aromatic nitrogens is 1. The number of H-pyrrole nitrogens is 1. The van der Waals surface area contributed by atoms with E-state index in [1.807, 2.05) is 18.2 Å². The minimum Gasteiger partial charge on any atom is -0.495 e. The van der Waals surface area contributed by atoms with E-state index in [2.05, 4.69) is 10.3 Å². The molecule has 5 nitrogen and oxygen atoms in total. The van der Waals surface area contributed by atoms with Crippen molar-refractivity contribution in [2.45, 2.75) is 6.92 Å². The number of nitrogens with one attached hydrogen (secondary N) is 2. The highest BCUT2D eigenvalue weighted by Crippen LogP contribution is 2.25. The van der Waals surface area contributed by atoms with Crippen molar-refractivity contribution in [1.29, 1.82) is 0 Å². The SMILES string of the molecule is COc1cccc2cc(C(=O)Nc3cccc(C(C)=O)c3)[nH]c12. The molecule has 0 atom stereocenters. The Morgan fingerprint density at radius 1 is 1.09 bits per heavy atom. The number of ketones is 1. The molecule has 0 saturated heterocycles. The van der Waals surface area contributed by atoms with Crippen molar-refractivity contribution in [3.8, 4) is 5.75 Å². The van der Waals surface area contributed by atoms with Crippen LogP contribution in [0.5, 0.6) is 5.75 Å². The summed E-state index contributed by atoms with van der Waals surface area (Å²) in [6.45, 7) is 1.49. The maximum atomic E-state index is 12.4. The summed E-state index contributed by atoms with van der Waals surface area (Å²) in [7, 11) is 1.59. The van der Waals surface area contributed by atoms with Crippen LogP contribution < -0.4 is 10.1 Å². The van der Waals surface area contributed by atoms with Gasteiger partial charge in [-0.2, -0.15) is 0 Å². The number of hydrogen-bond donors (Lipinski definition) is 2. The lowest BCUT2D eigenvalue weighted by Crippen LogP contribution is -2.12. The highest BCUT2D eigenvalue weighted by atomic mass is 16.5. The van der Waals surface area contributed by atoms with Crippen molar-refractivity contribution in [3.63, 3.8) is 0 Å². The third-order valence-corrected chi connectivity index (χ3v) is 3.61. The Morgan fingerprint density at radius 3 is 2.61 bits per heavy atom. The van der Waals surface area contributed by atoms with E-state index in [-0.39, 0.29) is 11.7 Å². The van der Waals surface area contributed by atoms with E-state index in [0.717, 1.165) is 10.9 Å². The molecule has 1 aromatic heterocycles. The van der Waals surface area contributed by atoms with E-state index < -0.39 is 0 Å². The summed E-state index contributed by atoms with van der Waals surface area (Å²) in [5.74, 6) is 0.362. The molecule has 0 unspecified atom stereocenters. The van der Waals surface area contributed by atoms with E-state index in [4.69, 9.17) is 4.74 Å². The third-order valence-electron chi connectivity index (χ3n) is 3.61. The fraction of sp³-hybridized carbons (Fsp3) is 0.111. The lowest BCUT2D eigenvalue weighted by Gasteiger charge is -2.05. The monoisotopic (exact) mass is 308 g/mol. The van der Waals surface area contributed by atoms with Crippen molar-refractivity contribution in [1.82, 2.24) is 4.98 Å². The molecule has 0 radical (unpaired) electrons. The van der Waals surface area contributed by atoms with Crippen LogP contribution in [0.2, 0.25) is 0 Å². The Balaban J connectivity index is 1.89. The number of amides is 1. The van der Waals surface area contributed by atoms with Crippen LogP contribution in [0.4, 0.5) is 5.69 Å². The minimum atomic E-state index is -0.274. The van der Waals surface area contributed by atoms with Gasteiger partial charge in [0, 0.05) is 16.6 Å². The summed E-state index contributed by atoms with van der Waals surface area (Å²) in [6, 6.07) is 14.2. The van der Waals surface area contributed by atoms with Gasteiger partial charge in [0.05, 0.1) is 12.6 Å². The Bertz CT molecular complexity index is 896. The minimum absolute atomic E-state index is 0.0450. The normalized spacial score (nSPS) is 10.5. The predicted octanol–water partition coefficient (Wildman–Crippen LogP) is 3.63. The molecule has 1 amide bonds. The van der Waals surface area contributed by atoms with E-state index in [1.54, 1.807) is 37.4 Å². The van der Waals surface area contributed by atoms with Gasteiger partial charge in [-0.25, -0.2) is 0 Å². The van der Waals surface area contributed by atoms with Crippen molar-refractivity contribution in [2.75, 3.05) is 12.4 Å². The molecular weight excluding hydrogens is 292 g/mol. The smallest absolute Gasteiger partial charge is 0.272 e. The predicted molar refractivity (Wildman–Crippen MR) is 89.3 cm³/mol. The van der Waals surface area contributed by atoms with Gasteiger partial charge in [0.2, 0.25) is 0 Å². The Kier molecular flexibility index (Phi) is 3.85. The third kappa shape index (κ3) is 2.94. The summed E-state index contributed by atoms with van der Waals surface area (Å²) in [5, 5.41) is 3.68. The molecule has 0 bridgehead atoms. The van der Waals surface area contributed by atoms with Crippen LogP contribution in [0.25, 0.3) is 10.9 Å². The zero-order valence-electron chi connectivity index (χ0n) is 12.8. The van der Waals surface area contributed by atoms with E-state index in [9.17, 15) is 9.59 Å². The molecule has 5 heteroatoms. The fourth-order valence-corrected chi connectivity index (χ4v) is 2.44. The van der Waals surface area contributed by atoms with Gasteiger partial charge < -0.3 is 15.0 Å². The second-order valence-corrected chi connectivity index (χ2v) is 5.20. The molecule has 2 aromatic carbocycles. The van der Waals surface area contributed by atoms with Crippen molar-refractivity contribution in [3.05, 3.63) is 59.8 Å². The summed E-state index contributed by atoms with van der Waals surface area (Å²) in [5.41, 5.74) is 2.34. The molecular formula is C18H16N2O3. The highest BCUT2D eigenvalue weighted by Gasteiger charge is 2.12. The number of fused-ring (bicyclic) bond motifs is 1. The van der Waals surface area contributed by atoms with Gasteiger partial charge in [-0.1, -0.05) is 24.3 Å². The molecule has 2 N–H and O–H groups in total. The molecule has 1 heterocycles. The Labute approximate surface area is 133 Å². The maximum absolute atomic E-state index is 12.4. The number of carbonyl (C=O) groups is 2. The lowest BCUT2D eigenvalue weighted by atomic mass is 10.1. The number of methoxy groups -OCH3 is 1. The first-order chi connectivity index (χ1) is 11.1. The standard InChI is InChI=1S/C18H16N2O3/c1-11(21)12-5-3-7-14(9-12)19-18(22)15-10-13-6-4-8-16(23-2)17(13)20-15/h3-10,20H,1-2H3,(H,19,22). The van der Waals surface area contributed by atoms with Crippen molar-refractivity contribution >= 4 is 28.3 Å². The van der Waals surface area contributed by atoms with Crippen LogP contribution >= 0.6 is 0 Å². The van der Waals surface area contributed by atoms with Gasteiger partial charge in [-0.15, -0.1) is 0 Å². The van der Waals surface area contributed by atoms with Crippen molar-refractivity contribution < 1.29 is 14.3 Å². The van der Waals surface area contributed by atoms with Gasteiger partial charge in [-0.3, -0.25) is 9.59 Å². The average Bonchev–Trinajstić information content (AvgIpc) is 2.99. The van der Waals surface area contributed by atoms with Gasteiger partial charge >= 0.3 is 0 Å². The molecule has 0 aliphatic rings. The number of carbonyl (C=O) groups excluding carboxylic acids is 2.